The number of carbonyl (C=O) groups is 1. The Morgan fingerprint density at radius 2 is 1.74 bits per heavy atom. The molecule has 9 heteroatoms. The maximum Gasteiger partial charge on any atom is 0.250 e. The maximum atomic E-state index is 12.0. The number of thioether (sulfide) groups is 2. The largest absolute Gasteiger partial charge is 0.507 e. The Bertz CT molecular complexity index is 1220. The molecule has 0 saturated heterocycles. The minimum absolute atomic E-state index is 0.109. The molecule has 4 aromatic rings. The second-order valence-corrected chi connectivity index (χ2v) is 9.82. The van der Waals surface area contributed by atoms with Crippen molar-refractivity contribution in [2.24, 2.45) is 5.10 Å². The highest BCUT2D eigenvalue weighted by Crippen LogP contribution is 2.32. The molecule has 31 heavy (non-hydrogen) atoms. The SMILES string of the molecule is O=C(CSc1nnc(SCc2cccc3ccccc23)s1)N/N=C\c1ccccc1O. The number of hydrazone groups is 1. The molecule has 0 spiro atoms. The zero-order valence-electron chi connectivity index (χ0n) is 16.3. The summed E-state index contributed by atoms with van der Waals surface area (Å²) in [5, 5.41) is 24.4. The molecule has 1 heterocycles. The van der Waals surface area contributed by atoms with Crippen LogP contribution in [0, 0.1) is 0 Å². The van der Waals surface area contributed by atoms with Crippen LogP contribution in [0.1, 0.15) is 11.1 Å². The number of hydrogen-bond acceptors (Lipinski definition) is 8. The number of rotatable bonds is 8. The van der Waals surface area contributed by atoms with E-state index in [1.54, 1.807) is 36.0 Å². The van der Waals surface area contributed by atoms with Gasteiger partial charge in [-0.1, -0.05) is 89.5 Å². The van der Waals surface area contributed by atoms with E-state index in [1.807, 2.05) is 12.1 Å². The van der Waals surface area contributed by atoms with Crippen molar-refractivity contribution in [3.05, 3.63) is 77.9 Å². The lowest BCUT2D eigenvalue weighted by molar-refractivity contribution is -0.118. The van der Waals surface area contributed by atoms with Crippen molar-refractivity contribution < 1.29 is 9.90 Å². The number of nitrogens with one attached hydrogen (secondary N) is 1. The average Bonchev–Trinajstić information content (AvgIpc) is 3.25. The van der Waals surface area contributed by atoms with E-state index in [9.17, 15) is 9.90 Å². The molecule has 0 aliphatic carbocycles. The highest BCUT2D eigenvalue weighted by atomic mass is 32.2. The van der Waals surface area contributed by atoms with Crippen LogP contribution >= 0.6 is 34.9 Å². The van der Waals surface area contributed by atoms with Crippen LogP contribution in [-0.2, 0) is 10.5 Å². The minimum atomic E-state index is -0.253. The van der Waals surface area contributed by atoms with Gasteiger partial charge in [-0.3, -0.25) is 4.79 Å². The first kappa shape index (κ1) is 21.4. The van der Waals surface area contributed by atoms with Crippen molar-refractivity contribution in [1.82, 2.24) is 15.6 Å². The topological polar surface area (TPSA) is 87.5 Å². The first-order valence-electron chi connectivity index (χ1n) is 9.35. The molecule has 0 aliphatic heterocycles. The van der Waals surface area contributed by atoms with Crippen molar-refractivity contribution in [3.8, 4) is 5.75 Å². The van der Waals surface area contributed by atoms with Gasteiger partial charge in [-0.15, -0.1) is 10.2 Å². The van der Waals surface area contributed by atoms with Gasteiger partial charge in [0.2, 0.25) is 0 Å². The second-order valence-electron chi connectivity index (χ2n) is 6.40. The highest BCUT2D eigenvalue weighted by molar-refractivity contribution is 8.03. The Labute approximate surface area is 191 Å². The molecular formula is C22H18N4O2S3. The van der Waals surface area contributed by atoms with E-state index in [1.165, 1.54) is 45.6 Å². The van der Waals surface area contributed by atoms with Gasteiger partial charge in [-0.25, -0.2) is 5.43 Å². The number of carbonyl (C=O) groups excluding carboxylic acids is 1. The van der Waals surface area contributed by atoms with E-state index in [4.69, 9.17) is 0 Å². The summed E-state index contributed by atoms with van der Waals surface area (Å²) in [7, 11) is 0. The van der Waals surface area contributed by atoms with Crippen LogP contribution in [0.15, 0.2) is 80.5 Å². The fourth-order valence-electron chi connectivity index (χ4n) is 2.80. The van der Waals surface area contributed by atoms with Gasteiger partial charge < -0.3 is 5.11 Å². The van der Waals surface area contributed by atoms with Crippen LogP contribution in [0.25, 0.3) is 10.8 Å². The fourth-order valence-corrected chi connectivity index (χ4v) is 5.62. The predicted octanol–water partition coefficient (Wildman–Crippen LogP) is 4.93. The van der Waals surface area contributed by atoms with E-state index in [-0.39, 0.29) is 17.4 Å². The zero-order valence-corrected chi connectivity index (χ0v) is 18.7. The summed E-state index contributed by atoms with van der Waals surface area (Å²) >= 11 is 4.43. The van der Waals surface area contributed by atoms with Crippen LogP contribution in [0.5, 0.6) is 5.75 Å². The third-order valence-electron chi connectivity index (χ3n) is 4.28. The van der Waals surface area contributed by atoms with Gasteiger partial charge in [-0.05, 0) is 28.5 Å². The molecular weight excluding hydrogens is 448 g/mol. The highest BCUT2D eigenvalue weighted by Gasteiger charge is 2.09. The molecule has 0 saturated carbocycles. The summed E-state index contributed by atoms with van der Waals surface area (Å²) in [6, 6.07) is 21.4. The summed E-state index contributed by atoms with van der Waals surface area (Å²) in [6.07, 6.45) is 1.41. The predicted molar refractivity (Wildman–Crippen MR) is 128 cm³/mol. The number of nitrogens with zero attached hydrogens (tertiary/aromatic N) is 3. The second kappa shape index (κ2) is 10.4. The summed E-state index contributed by atoms with van der Waals surface area (Å²) in [6.45, 7) is 0. The molecule has 0 unspecified atom stereocenters. The van der Waals surface area contributed by atoms with Gasteiger partial charge in [0, 0.05) is 11.3 Å². The van der Waals surface area contributed by atoms with Gasteiger partial charge in [0.05, 0.1) is 12.0 Å². The molecule has 0 bridgehead atoms. The number of phenolic OH excluding ortho intramolecular Hbond substituents is 1. The van der Waals surface area contributed by atoms with Crippen molar-refractivity contribution in [2.45, 2.75) is 14.4 Å². The molecule has 0 fully saturated rings. The molecule has 6 nitrogen and oxygen atoms in total. The average molecular weight is 467 g/mol. The summed E-state index contributed by atoms with van der Waals surface area (Å²) in [5.41, 5.74) is 4.24. The minimum Gasteiger partial charge on any atom is -0.507 e. The molecule has 156 valence electrons. The zero-order chi connectivity index (χ0) is 21.5. The van der Waals surface area contributed by atoms with E-state index in [2.05, 4.69) is 51.1 Å². The molecule has 0 aliphatic rings. The summed E-state index contributed by atoms with van der Waals surface area (Å²) in [5.74, 6) is 0.845. The van der Waals surface area contributed by atoms with Crippen molar-refractivity contribution in [2.75, 3.05) is 5.75 Å². The molecule has 2 N–H and O–H groups in total. The van der Waals surface area contributed by atoms with Crippen molar-refractivity contribution in [3.63, 3.8) is 0 Å². The number of benzene rings is 3. The Balaban J connectivity index is 1.26. The van der Waals surface area contributed by atoms with Crippen LogP contribution in [0.2, 0.25) is 0 Å². The third kappa shape index (κ3) is 5.84. The molecule has 1 aromatic heterocycles. The maximum absolute atomic E-state index is 12.0. The van der Waals surface area contributed by atoms with Gasteiger partial charge in [-0.2, -0.15) is 5.10 Å². The van der Waals surface area contributed by atoms with E-state index >= 15 is 0 Å². The van der Waals surface area contributed by atoms with E-state index in [0.717, 1.165) is 14.4 Å². The van der Waals surface area contributed by atoms with Crippen molar-refractivity contribution >= 4 is 57.8 Å². The Morgan fingerprint density at radius 1 is 1.00 bits per heavy atom. The quantitative estimate of drug-likeness (QED) is 0.217. The number of fused-ring (bicyclic) bond motifs is 1. The van der Waals surface area contributed by atoms with E-state index in [0.29, 0.717) is 5.56 Å². The number of hydrogen-bond donors (Lipinski definition) is 2. The van der Waals surface area contributed by atoms with Gasteiger partial charge in [0.1, 0.15) is 5.75 Å². The van der Waals surface area contributed by atoms with E-state index < -0.39 is 0 Å². The van der Waals surface area contributed by atoms with Crippen LogP contribution in [-0.4, -0.2) is 33.2 Å². The lowest BCUT2D eigenvalue weighted by Crippen LogP contribution is -2.19. The number of amides is 1. The normalized spacial score (nSPS) is 11.2. The first-order valence-corrected chi connectivity index (χ1v) is 12.1. The lowest BCUT2D eigenvalue weighted by atomic mass is 10.1. The lowest BCUT2D eigenvalue weighted by Gasteiger charge is -2.04. The Morgan fingerprint density at radius 3 is 2.61 bits per heavy atom. The Kier molecular flexibility index (Phi) is 7.18. The standard InChI is InChI=1S/C22H18N4O2S3/c27-19-11-4-2-7-16(19)12-23-24-20(28)14-30-22-26-25-21(31-22)29-13-17-9-5-8-15-6-1-3-10-18(15)17/h1-12,27H,13-14H2,(H,24,28)/b23-12-. The Hall–Kier alpha value is -2.88. The van der Waals surface area contributed by atoms with Crippen LogP contribution < -0.4 is 5.43 Å². The fraction of sp³-hybridized carbons (Fsp3) is 0.0909. The number of phenols is 1. The van der Waals surface area contributed by atoms with Crippen LogP contribution in [0.4, 0.5) is 0 Å². The van der Waals surface area contributed by atoms with Gasteiger partial charge >= 0.3 is 0 Å². The monoisotopic (exact) mass is 466 g/mol. The van der Waals surface area contributed by atoms with Crippen LogP contribution in [0.3, 0.4) is 0 Å². The first-order chi connectivity index (χ1) is 15.2. The number of para-hydroxylation sites is 1. The van der Waals surface area contributed by atoms with Gasteiger partial charge in [0.25, 0.3) is 5.91 Å². The molecule has 0 radical (unpaired) electrons. The molecule has 1 amide bonds. The summed E-state index contributed by atoms with van der Waals surface area (Å²) in [4.78, 5) is 12.0. The third-order valence-corrected chi connectivity index (χ3v) is 7.51. The van der Waals surface area contributed by atoms with Gasteiger partial charge in [0.15, 0.2) is 8.68 Å². The molecule has 4 rings (SSSR count). The number of aromatic nitrogens is 2. The molecule has 3 aromatic carbocycles. The van der Waals surface area contributed by atoms with Crippen molar-refractivity contribution in [1.29, 1.82) is 0 Å². The summed E-state index contributed by atoms with van der Waals surface area (Å²) < 4.78 is 1.61. The molecule has 0 atom stereocenters. The number of aromatic hydroxyl groups is 1. The smallest absolute Gasteiger partial charge is 0.250 e.